The summed E-state index contributed by atoms with van der Waals surface area (Å²) in [6, 6.07) is -1.20. The Labute approximate surface area is 426 Å². The van der Waals surface area contributed by atoms with Crippen molar-refractivity contribution in [1.82, 2.24) is 4.90 Å². The molecule has 0 radical (unpaired) electrons. The molecule has 17 heteroatoms. The lowest BCUT2D eigenvalue weighted by atomic mass is 9.78. The van der Waals surface area contributed by atoms with Crippen LogP contribution in [0.5, 0.6) is 0 Å². The van der Waals surface area contributed by atoms with Gasteiger partial charge in [-0.05, 0) is 101 Å². The molecule has 0 spiro atoms. The van der Waals surface area contributed by atoms with Gasteiger partial charge in [0.1, 0.15) is 29.8 Å². The van der Waals surface area contributed by atoms with Crippen LogP contribution >= 0.6 is 0 Å². The van der Waals surface area contributed by atoms with E-state index in [2.05, 4.69) is 0 Å². The summed E-state index contributed by atoms with van der Waals surface area (Å²) in [6.45, 7) is 10.8. The minimum Gasteiger partial charge on any atom is -0.460 e. The van der Waals surface area contributed by atoms with E-state index in [0.717, 1.165) is 4.90 Å². The summed E-state index contributed by atoms with van der Waals surface area (Å²) in [5, 5.41) is 43.0. The number of cyclic esters (lactones) is 1. The molecule has 4 rings (SSSR count). The lowest BCUT2D eigenvalue weighted by Crippen LogP contribution is -2.60. The van der Waals surface area contributed by atoms with Gasteiger partial charge in [0.15, 0.2) is 11.6 Å². The number of ketones is 3. The zero-order chi connectivity index (χ0) is 53.5. The van der Waals surface area contributed by atoms with E-state index < -0.39 is 120 Å². The van der Waals surface area contributed by atoms with Crippen LogP contribution in [0.4, 0.5) is 0 Å². The minimum atomic E-state index is -2.46. The van der Waals surface area contributed by atoms with E-state index in [4.69, 9.17) is 28.4 Å². The van der Waals surface area contributed by atoms with Crippen molar-refractivity contribution in [2.45, 2.75) is 180 Å². The molecule has 3 heterocycles. The Morgan fingerprint density at radius 1 is 0.861 bits per heavy atom. The predicted octanol–water partition coefficient (Wildman–Crippen LogP) is 5.33. The Hall–Kier alpha value is -3.94. The van der Waals surface area contributed by atoms with E-state index in [9.17, 15) is 49.2 Å². The van der Waals surface area contributed by atoms with E-state index in [1.807, 2.05) is 50.3 Å². The number of carbonyl (C=O) groups excluding carboxylic acids is 6. The predicted molar refractivity (Wildman–Crippen MR) is 267 cm³/mol. The van der Waals surface area contributed by atoms with Crippen LogP contribution in [0.2, 0.25) is 0 Å². The number of amides is 1. The summed E-state index contributed by atoms with van der Waals surface area (Å²) >= 11 is 0. The Morgan fingerprint density at radius 3 is 2.18 bits per heavy atom. The molecule has 17 nitrogen and oxygen atoms in total. The highest BCUT2D eigenvalue weighted by Gasteiger charge is 2.53. The third-order valence-electron chi connectivity index (χ3n) is 15.5. The Bertz CT molecular complexity index is 1960. The van der Waals surface area contributed by atoms with Gasteiger partial charge in [-0.1, -0.05) is 77.2 Å². The van der Waals surface area contributed by atoms with Crippen LogP contribution in [0.1, 0.15) is 126 Å². The van der Waals surface area contributed by atoms with Gasteiger partial charge in [0.2, 0.25) is 5.79 Å². The van der Waals surface area contributed by atoms with Crippen molar-refractivity contribution in [3.63, 3.8) is 0 Å². The van der Waals surface area contributed by atoms with Crippen LogP contribution < -0.4 is 0 Å². The van der Waals surface area contributed by atoms with E-state index in [-0.39, 0.29) is 54.8 Å². The molecule has 0 aromatic rings. The maximum Gasteiger partial charge on any atom is 0.329 e. The number of aliphatic hydroxyl groups excluding tert-OH is 3. The second-order valence-electron chi connectivity index (χ2n) is 21.4. The molecule has 2 saturated heterocycles. The molecule has 15 atom stereocenters. The van der Waals surface area contributed by atoms with Gasteiger partial charge in [0, 0.05) is 58.5 Å². The van der Waals surface area contributed by atoms with Crippen molar-refractivity contribution in [1.29, 1.82) is 0 Å². The van der Waals surface area contributed by atoms with Crippen LogP contribution in [-0.4, -0.2) is 156 Å². The highest BCUT2D eigenvalue weighted by Crippen LogP contribution is 2.38. The fraction of sp³-hybridized carbons (Fsp3) is 0.745. The summed E-state index contributed by atoms with van der Waals surface area (Å²) in [5.41, 5.74) is -1.22. The summed E-state index contributed by atoms with van der Waals surface area (Å²) < 4.78 is 35.2. The number of hydrogen-bond donors (Lipinski definition) is 4. The molecule has 4 aliphatic rings. The molecule has 1 saturated carbocycles. The van der Waals surface area contributed by atoms with Gasteiger partial charge in [-0.15, -0.1) is 0 Å². The smallest absolute Gasteiger partial charge is 0.329 e. The van der Waals surface area contributed by atoms with E-state index >= 15 is 0 Å². The SMILES string of the molecule is CO[C@@H]1C=CC=CC=C[C@@H](C)C[C@@H](C)C(=O)[C@H](OC)[C@H](O)C(C)C=C(C)C(=O)C[C@@H]([C@H](C)C[C@@H]2CC[C@@H](OC(=O)C(C)(CO)CO)[C@H](O[13CH3])C2)OC(=O)[C@@H]2CCCCN2C(=O)C(=O)[C@]2(O)O[C@@H](CC[C@H]2C)C1. The average Bonchev–Trinajstić information content (AvgIpc) is 3.36. The number of Topliss-reactive ketones (excluding diaryl/α,β-unsaturated/α-hetero) is 3. The van der Waals surface area contributed by atoms with Crippen molar-refractivity contribution in [2.24, 2.45) is 40.9 Å². The third-order valence-corrected chi connectivity index (χ3v) is 15.5. The molecule has 406 valence electrons. The molecule has 3 aliphatic heterocycles. The number of rotatable bonds is 10. The van der Waals surface area contributed by atoms with Crippen molar-refractivity contribution >= 4 is 35.2 Å². The lowest BCUT2D eigenvalue weighted by Gasteiger charge is -2.42. The summed E-state index contributed by atoms with van der Waals surface area (Å²) in [4.78, 5) is 85.1. The second-order valence-corrected chi connectivity index (χ2v) is 21.4. The maximum atomic E-state index is 14.5. The largest absolute Gasteiger partial charge is 0.460 e. The van der Waals surface area contributed by atoms with Crippen LogP contribution in [0.25, 0.3) is 0 Å². The number of fused-ring (bicyclic) bond motifs is 3. The number of hydrogen-bond acceptors (Lipinski definition) is 16. The first-order valence-corrected chi connectivity index (χ1v) is 26.0. The first-order valence-electron chi connectivity index (χ1n) is 26.0. The molecule has 72 heavy (non-hydrogen) atoms. The number of methoxy groups -OCH3 is 3. The Kier molecular flexibility index (Phi) is 23.7. The highest BCUT2D eigenvalue weighted by molar-refractivity contribution is 6.39. The molecular formula is C55H85NO16. The number of allylic oxidation sites excluding steroid dienone is 6. The van der Waals surface area contributed by atoms with E-state index in [0.29, 0.717) is 57.8 Å². The molecule has 2 bridgehead atoms. The monoisotopic (exact) mass is 1020 g/mol. The van der Waals surface area contributed by atoms with Crippen molar-refractivity contribution in [3.8, 4) is 0 Å². The average molecular weight is 1020 g/mol. The lowest BCUT2D eigenvalue weighted by molar-refractivity contribution is -0.265. The van der Waals surface area contributed by atoms with Crippen molar-refractivity contribution in [2.75, 3.05) is 41.1 Å². The summed E-state index contributed by atoms with van der Waals surface area (Å²) in [7, 11) is 4.41. The fourth-order valence-corrected chi connectivity index (χ4v) is 10.5. The first kappa shape index (κ1) is 60.6. The molecule has 1 unspecified atom stereocenters. The number of aliphatic hydroxyl groups is 4. The molecule has 0 aromatic carbocycles. The highest BCUT2D eigenvalue weighted by atomic mass is 16.6. The minimum absolute atomic E-state index is 0.000666. The summed E-state index contributed by atoms with van der Waals surface area (Å²) in [6.07, 6.45) is 11.5. The van der Waals surface area contributed by atoms with Gasteiger partial charge in [-0.25, -0.2) is 4.79 Å². The van der Waals surface area contributed by atoms with Crippen molar-refractivity contribution in [3.05, 3.63) is 48.1 Å². The van der Waals surface area contributed by atoms with Gasteiger partial charge in [0.05, 0.1) is 37.6 Å². The van der Waals surface area contributed by atoms with E-state index in [1.165, 1.54) is 21.1 Å². The first-order chi connectivity index (χ1) is 34.1. The van der Waals surface area contributed by atoms with Gasteiger partial charge in [-0.3, -0.25) is 24.0 Å². The zero-order valence-electron chi connectivity index (χ0n) is 44.4. The third kappa shape index (κ3) is 15.8. The van der Waals surface area contributed by atoms with Crippen LogP contribution in [0.15, 0.2) is 48.1 Å². The molecule has 1 amide bonds. The van der Waals surface area contributed by atoms with Gasteiger partial charge in [-0.2, -0.15) is 0 Å². The number of nitrogens with zero attached hydrogens (tertiary/aromatic N) is 1. The zero-order valence-corrected chi connectivity index (χ0v) is 44.4. The molecule has 1 aliphatic carbocycles. The van der Waals surface area contributed by atoms with Gasteiger partial charge in [0.25, 0.3) is 11.7 Å². The summed E-state index contributed by atoms with van der Waals surface area (Å²) in [5.74, 6) is -9.31. The van der Waals surface area contributed by atoms with Crippen LogP contribution in [0, 0.1) is 40.9 Å². The number of esters is 2. The second kappa shape index (κ2) is 28.1. The van der Waals surface area contributed by atoms with Gasteiger partial charge < -0.3 is 53.7 Å². The topological polar surface area (TPSA) is 242 Å². The normalized spacial score (nSPS) is 35.3. The Balaban J connectivity index is 1.68. The van der Waals surface area contributed by atoms with Crippen LogP contribution in [0.3, 0.4) is 0 Å². The molecule has 0 aromatic heterocycles. The van der Waals surface area contributed by atoms with Crippen molar-refractivity contribution < 1.29 is 77.6 Å². The number of piperidine rings is 1. The molecule has 3 fully saturated rings. The molecular weight excluding hydrogens is 932 g/mol. The number of carbonyl (C=O) groups is 6. The quantitative estimate of drug-likeness (QED) is 0.123. The fourth-order valence-electron chi connectivity index (χ4n) is 10.5. The molecule has 4 N–H and O–H groups in total. The maximum absolute atomic E-state index is 14.5. The van der Waals surface area contributed by atoms with Gasteiger partial charge >= 0.3 is 11.9 Å². The number of ether oxygens (including phenoxy) is 6. The standard InChI is InChI=1S/C55H85NO16/c1-33-17-13-11-12-14-18-40(67-8)29-41-22-20-38(6)55(66,72-41)50(62)51(63)56-24-16-15-19-42(56)52(64)70-45(30-43(59)34(2)26-37(5)48(61)49(69-10)47(60)36(4)25-33)35(3)27-39-21-23-44(46(28-39)68-9)71-53(65)54(7,31-57)32-58/h11-14,17-18,26,33,35-42,44-46,48-49,57-58,61,66H,15-16,19-25,27-32H2,1-10H3/t33-,35-,36-,37?,38-,39+,40-,41+,42+,44-,45+,46-,48-,49+,55-/m1/s1/i9+1. The Morgan fingerprint density at radius 2 is 1.54 bits per heavy atom. The van der Waals surface area contributed by atoms with Crippen LogP contribution in [-0.2, 0) is 57.2 Å². The van der Waals surface area contributed by atoms with E-state index in [1.54, 1.807) is 40.9 Å².